The Kier molecular flexibility index (Phi) is 4.19. The monoisotopic (exact) mass is 309 g/mol. The standard InChI is InChI=1S/C14H16ClN3OS/c1-2-16-12(13-8-17-18-20-13)7-10-6-11(15)5-9-3-4-19-14(9)10/h5-6,8,12,16H,2-4,7H2,1H3. The summed E-state index contributed by atoms with van der Waals surface area (Å²) in [5.41, 5.74) is 2.37. The Morgan fingerprint density at radius 2 is 2.40 bits per heavy atom. The SMILES string of the molecule is CCNC(Cc1cc(Cl)cc2c1OCC2)c1cnns1. The third-order valence-electron chi connectivity index (χ3n) is 3.42. The van der Waals surface area contributed by atoms with Gasteiger partial charge in [0.15, 0.2) is 0 Å². The van der Waals surface area contributed by atoms with Crippen LogP contribution in [-0.2, 0) is 12.8 Å². The Labute approximate surface area is 127 Å². The number of nitrogens with one attached hydrogen (secondary N) is 1. The van der Waals surface area contributed by atoms with E-state index < -0.39 is 0 Å². The maximum absolute atomic E-state index is 6.22. The molecule has 0 radical (unpaired) electrons. The van der Waals surface area contributed by atoms with Crippen molar-refractivity contribution in [3.63, 3.8) is 0 Å². The highest BCUT2D eigenvalue weighted by atomic mass is 35.5. The number of likely N-dealkylation sites (N-methyl/N-ethyl adjacent to an activating group) is 1. The highest BCUT2D eigenvalue weighted by Gasteiger charge is 2.21. The van der Waals surface area contributed by atoms with Crippen molar-refractivity contribution in [2.24, 2.45) is 0 Å². The lowest BCUT2D eigenvalue weighted by Gasteiger charge is -2.17. The Hall–Kier alpha value is -1.17. The maximum Gasteiger partial charge on any atom is 0.125 e. The molecule has 2 heterocycles. The molecular weight excluding hydrogens is 294 g/mol. The summed E-state index contributed by atoms with van der Waals surface area (Å²) in [5.74, 6) is 1.01. The normalized spacial score (nSPS) is 14.9. The minimum absolute atomic E-state index is 0.201. The number of halogens is 1. The third-order valence-corrected chi connectivity index (χ3v) is 4.42. The van der Waals surface area contributed by atoms with Gasteiger partial charge in [-0.3, -0.25) is 0 Å². The van der Waals surface area contributed by atoms with E-state index in [9.17, 15) is 0 Å². The van der Waals surface area contributed by atoms with Gasteiger partial charge in [0.25, 0.3) is 0 Å². The number of hydrogen-bond acceptors (Lipinski definition) is 5. The van der Waals surface area contributed by atoms with E-state index in [0.717, 1.165) is 47.2 Å². The molecule has 0 aliphatic carbocycles. The fourth-order valence-corrected chi connectivity index (χ4v) is 3.41. The average Bonchev–Trinajstić information content (AvgIpc) is 3.08. The molecule has 0 spiro atoms. The molecule has 1 aromatic carbocycles. The van der Waals surface area contributed by atoms with Gasteiger partial charge in [0.05, 0.1) is 17.7 Å². The summed E-state index contributed by atoms with van der Waals surface area (Å²) in [4.78, 5) is 1.14. The highest BCUT2D eigenvalue weighted by molar-refractivity contribution is 7.05. The number of benzene rings is 1. The maximum atomic E-state index is 6.22. The fourth-order valence-electron chi connectivity index (χ4n) is 2.57. The minimum Gasteiger partial charge on any atom is -0.493 e. The first-order valence-electron chi connectivity index (χ1n) is 6.72. The first kappa shape index (κ1) is 13.8. The minimum atomic E-state index is 0.201. The summed E-state index contributed by atoms with van der Waals surface area (Å²) < 4.78 is 9.72. The van der Waals surface area contributed by atoms with Crippen molar-refractivity contribution in [1.82, 2.24) is 14.9 Å². The number of nitrogens with zero attached hydrogens (tertiary/aromatic N) is 2. The van der Waals surface area contributed by atoms with Crippen LogP contribution in [0.1, 0.15) is 29.0 Å². The van der Waals surface area contributed by atoms with Crippen LogP contribution in [0.4, 0.5) is 0 Å². The summed E-state index contributed by atoms with van der Waals surface area (Å²) in [6, 6.07) is 4.21. The van der Waals surface area contributed by atoms with Crippen LogP contribution in [0.15, 0.2) is 18.3 Å². The lowest BCUT2D eigenvalue weighted by molar-refractivity contribution is 0.351. The summed E-state index contributed by atoms with van der Waals surface area (Å²) in [5, 5.41) is 8.18. The van der Waals surface area contributed by atoms with E-state index in [-0.39, 0.29) is 6.04 Å². The van der Waals surface area contributed by atoms with E-state index in [2.05, 4.69) is 21.8 Å². The molecule has 6 heteroatoms. The van der Waals surface area contributed by atoms with Crippen molar-refractivity contribution in [1.29, 1.82) is 0 Å². The van der Waals surface area contributed by atoms with Gasteiger partial charge in [-0.1, -0.05) is 23.0 Å². The zero-order valence-corrected chi connectivity index (χ0v) is 12.8. The van der Waals surface area contributed by atoms with Crippen LogP contribution in [0.25, 0.3) is 0 Å². The van der Waals surface area contributed by atoms with Gasteiger partial charge in [0.2, 0.25) is 0 Å². The van der Waals surface area contributed by atoms with Crippen LogP contribution in [0.3, 0.4) is 0 Å². The Morgan fingerprint density at radius 3 is 3.15 bits per heavy atom. The van der Waals surface area contributed by atoms with Gasteiger partial charge in [-0.05, 0) is 47.8 Å². The van der Waals surface area contributed by atoms with E-state index in [0.29, 0.717) is 0 Å². The molecular formula is C14H16ClN3OS. The highest BCUT2D eigenvalue weighted by Crippen LogP contribution is 2.35. The summed E-state index contributed by atoms with van der Waals surface area (Å²) in [6.07, 6.45) is 3.60. The van der Waals surface area contributed by atoms with Gasteiger partial charge in [0, 0.05) is 17.5 Å². The van der Waals surface area contributed by atoms with Crippen molar-refractivity contribution in [3.05, 3.63) is 39.4 Å². The number of rotatable bonds is 5. The van der Waals surface area contributed by atoms with E-state index >= 15 is 0 Å². The van der Waals surface area contributed by atoms with Gasteiger partial charge in [-0.25, -0.2) is 0 Å². The molecule has 0 amide bonds. The summed E-state index contributed by atoms with van der Waals surface area (Å²) >= 11 is 7.65. The molecule has 1 aromatic heterocycles. The second-order valence-corrected chi connectivity index (χ2v) is 6.04. The van der Waals surface area contributed by atoms with Crippen LogP contribution < -0.4 is 10.1 Å². The first-order valence-corrected chi connectivity index (χ1v) is 7.87. The smallest absolute Gasteiger partial charge is 0.125 e. The molecule has 0 fully saturated rings. The predicted octanol–water partition coefficient (Wildman–Crippen LogP) is 3.02. The molecule has 3 rings (SSSR count). The molecule has 2 aromatic rings. The zero-order chi connectivity index (χ0) is 13.9. The van der Waals surface area contributed by atoms with Crippen molar-refractivity contribution in [3.8, 4) is 5.75 Å². The molecule has 20 heavy (non-hydrogen) atoms. The summed E-state index contributed by atoms with van der Waals surface area (Å²) in [7, 11) is 0. The molecule has 0 saturated heterocycles. The Balaban J connectivity index is 1.89. The molecule has 1 N–H and O–H groups in total. The largest absolute Gasteiger partial charge is 0.493 e. The van der Waals surface area contributed by atoms with Gasteiger partial charge >= 0.3 is 0 Å². The lowest BCUT2D eigenvalue weighted by atomic mass is 10.0. The van der Waals surface area contributed by atoms with E-state index in [4.69, 9.17) is 16.3 Å². The van der Waals surface area contributed by atoms with Crippen molar-refractivity contribution < 1.29 is 4.74 Å². The number of hydrogen-bond donors (Lipinski definition) is 1. The average molecular weight is 310 g/mol. The van der Waals surface area contributed by atoms with Crippen molar-refractivity contribution in [2.75, 3.05) is 13.2 Å². The Bertz CT molecular complexity index is 588. The van der Waals surface area contributed by atoms with Crippen LogP contribution in [0, 0.1) is 0 Å². The summed E-state index contributed by atoms with van der Waals surface area (Å²) in [6.45, 7) is 3.74. The number of aromatic nitrogens is 2. The number of fused-ring (bicyclic) bond motifs is 1. The van der Waals surface area contributed by atoms with Crippen molar-refractivity contribution >= 4 is 23.1 Å². The molecule has 106 valence electrons. The van der Waals surface area contributed by atoms with Gasteiger partial charge in [0.1, 0.15) is 5.75 Å². The molecule has 0 saturated carbocycles. The first-order chi connectivity index (χ1) is 9.78. The van der Waals surface area contributed by atoms with E-state index in [1.54, 1.807) is 0 Å². The second kappa shape index (κ2) is 6.08. The van der Waals surface area contributed by atoms with E-state index in [1.807, 2.05) is 18.3 Å². The Morgan fingerprint density at radius 1 is 1.50 bits per heavy atom. The molecule has 4 nitrogen and oxygen atoms in total. The molecule has 0 bridgehead atoms. The predicted molar refractivity (Wildman–Crippen MR) is 80.7 cm³/mol. The molecule has 1 aliphatic heterocycles. The quantitative estimate of drug-likeness (QED) is 0.922. The number of ether oxygens (including phenoxy) is 1. The topological polar surface area (TPSA) is 47.0 Å². The van der Waals surface area contributed by atoms with E-state index in [1.165, 1.54) is 17.1 Å². The van der Waals surface area contributed by atoms with Crippen LogP contribution >= 0.6 is 23.1 Å². The van der Waals surface area contributed by atoms with Crippen LogP contribution in [0.5, 0.6) is 5.75 Å². The lowest BCUT2D eigenvalue weighted by Crippen LogP contribution is -2.22. The fraction of sp³-hybridized carbons (Fsp3) is 0.429. The van der Waals surface area contributed by atoms with Crippen molar-refractivity contribution in [2.45, 2.75) is 25.8 Å². The van der Waals surface area contributed by atoms with Gasteiger partial charge < -0.3 is 10.1 Å². The zero-order valence-electron chi connectivity index (χ0n) is 11.2. The van der Waals surface area contributed by atoms with Crippen LogP contribution in [0.2, 0.25) is 5.02 Å². The van der Waals surface area contributed by atoms with Crippen LogP contribution in [-0.4, -0.2) is 22.7 Å². The van der Waals surface area contributed by atoms with Gasteiger partial charge in [-0.2, -0.15) is 0 Å². The molecule has 1 atom stereocenters. The second-order valence-electron chi connectivity index (χ2n) is 4.79. The molecule has 1 unspecified atom stereocenters. The molecule has 1 aliphatic rings. The van der Waals surface area contributed by atoms with Gasteiger partial charge in [-0.15, -0.1) is 5.10 Å². The third kappa shape index (κ3) is 2.80.